The van der Waals surface area contributed by atoms with E-state index in [9.17, 15) is 9.59 Å². The third-order valence-corrected chi connectivity index (χ3v) is 1.76. The average molecular weight is 156 g/mol. The topological polar surface area (TPSA) is 43.4 Å². The molecule has 1 saturated heterocycles. The van der Waals surface area contributed by atoms with E-state index in [1.54, 1.807) is 0 Å². The molecule has 0 bridgehead atoms. The Hall–Kier alpha value is -0.860. The molecule has 0 aromatic heterocycles. The summed E-state index contributed by atoms with van der Waals surface area (Å²) in [5.74, 6) is -0.158. The van der Waals surface area contributed by atoms with E-state index in [-0.39, 0.29) is 18.2 Å². The minimum atomic E-state index is -0.443. The number of esters is 1. The zero-order valence-electron chi connectivity index (χ0n) is 6.63. The van der Waals surface area contributed by atoms with Crippen LogP contribution in [0.3, 0.4) is 0 Å². The lowest BCUT2D eigenvalue weighted by molar-refractivity contribution is -0.161. The molecular weight excluding hydrogens is 144 g/mol. The summed E-state index contributed by atoms with van der Waals surface area (Å²) >= 11 is 0. The zero-order valence-corrected chi connectivity index (χ0v) is 6.63. The normalized spacial score (nSPS) is 25.0. The molecule has 1 aliphatic rings. The molecule has 1 rings (SSSR count). The molecular formula is C8H12O3. The first-order chi connectivity index (χ1) is 5.24. The molecule has 0 aromatic rings. The van der Waals surface area contributed by atoms with Gasteiger partial charge in [-0.1, -0.05) is 13.3 Å². The van der Waals surface area contributed by atoms with E-state index >= 15 is 0 Å². The molecule has 3 heteroatoms. The molecule has 0 saturated carbocycles. The van der Waals surface area contributed by atoms with Gasteiger partial charge in [0.2, 0.25) is 0 Å². The fourth-order valence-corrected chi connectivity index (χ4v) is 1.15. The summed E-state index contributed by atoms with van der Waals surface area (Å²) < 4.78 is 4.85. The lowest BCUT2D eigenvalue weighted by Gasteiger charge is -2.20. The predicted molar refractivity (Wildman–Crippen MR) is 39.0 cm³/mol. The molecule has 1 heterocycles. The fourth-order valence-electron chi connectivity index (χ4n) is 1.15. The maximum absolute atomic E-state index is 11.1. The van der Waals surface area contributed by atoms with Crippen molar-refractivity contribution >= 4 is 11.8 Å². The number of cyclic esters (lactones) is 1. The van der Waals surface area contributed by atoms with Crippen molar-refractivity contribution in [2.75, 3.05) is 0 Å². The first kappa shape index (κ1) is 8.24. The quantitative estimate of drug-likeness (QED) is 0.561. The molecule has 11 heavy (non-hydrogen) atoms. The van der Waals surface area contributed by atoms with Crippen LogP contribution in [0.4, 0.5) is 0 Å². The van der Waals surface area contributed by atoms with Crippen molar-refractivity contribution < 1.29 is 14.3 Å². The highest BCUT2D eigenvalue weighted by Crippen LogP contribution is 2.14. The molecule has 62 valence electrons. The number of ether oxygens (including phenoxy) is 1. The smallest absolute Gasteiger partial charge is 0.306 e. The van der Waals surface area contributed by atoms with Crippen LogP contribution >= 0.6 is 0 Å². The van der Waals surface area contributed by atoms with Crippen LogP contribution in [0.15, 0.2) is 0 Å². The van der Waals surface area contributed by atoms with E-state index in [0.29, 0.717) is 12.8 Å². The van der Waals surface area contributed by atoms with Crippen molar-refractivity contribution in [3.8, 4) is 0 Å². The van der Waals surface area contributed by atoms with E-state index in [0.717, 1.165) is 6.42 Å². The van der Waals surface area contributed by atoms with Crippen LogP contribution in [-0.4, -0.2) is 17.9 Å². The van der Waals surface area contributed by atoms with Crippen molar-refractivity contribution in [3.63, 3.8) is 0 Å². The van der Waals surface area contributed by atoms with Gasteiger partial charge in [0.1, 0.15) is 0 Å². The number of hydrogen-bond donors (Lipinski definition) is 0. The molecule has 0 radical (unpaired) electrons. The van der Waals surface area contributed by atoms with Crippen molar-refractivity contribution in [3.05, 3.63) is 0 Å². The van der Waals surface area contributed by atoms with E-state index in [1.165, 1.54) is 0 Å². The lowest BCUT2D eigenvalue weighted by atomic mass is 10.0. The highest BCUT2D eigenvalue weighted by atomic mass is 16.5. The molecule has 0 aromatic carbocycles. The average Bonchev–Trinajstić information content (AvgIpc) is 1.98. The largest absolute Gasteiger partial charge is 0.454 e. The number of ketones is 1. The second-order valence-corrected chi connectivity index (χ2v) is 2.73. The molecule has 0 aliphatic carbocycles. The Labute approximate surface area is 65.7 Å². The van der Waals surface area contributed by atoms with E-state index in [1.807, 2.05) is 6.92 Å². The number of carbonyl (C=O) groups excluding carboxylic acids is 2. The van der Waals surface area contributed by atoms with Gasteiger partial charge in [-0.25, -0.2) is 0 Å². The molecule has 0 N–H and O–H groups in total. The second kappa shape index (κ2) is 3.51. The van der Waals surface area contributed by atoms with Crippen LogP contribution in [0.25, 0.3) is 0 Å². The summed E-state index contributed by atoms with van der Waals surface area (Å²) in [5.41, 5.74) is 0. The number of carbonyl (C=O) groups is 2. The molecule has 1 fully saturated rings. The SMILES string of the molecule is CCCC1OC(=O)CCC1=O. The molecule has 1 aliphatic heterocycles. The van der Waals surface area contributed by atoms with Gasteiger partial charge in [0.25, 0.3) is 0 Å². The molecule has 1 atom stereocenters. The van der Waals surface area contributed by atoms with Crippen LogP contribution in [0.5, 0.6) is 0 Å². The van der Waals surface area contributed by atoms with E-state index in [2.05, 4.69) is 0 Å². The lowest BCUT2D eigenvalue weighted by Crippen LogP contribution is -2.32. The highest BCUT2D eigenvalue weighted by Gasteiger charge is 2.27. The summed E-state index contributed by atoms with van der Waals surface area (Å²) in [5, 5.41) is 0. The van der Waals surface area contributed by atoms with Gasteiger partial charge in [0.15, 0.2) is 11.9 Å². The van der Waals surface area contributed by atoms with Gasteiger partial charge in [0.05, 0.1) is 6.42 Å². The maximum Gasteiger partial charge on any atom is 0.306 e. The molecule has 0 spiro atoms. The van der Waals surface area contributed by atoms with Crippen molar-refractivity contribution in [2.45, 2.75) is 38.7 Å². The summed E-state index contributed by atoms with van der Waals surface area (Å²) in [6.07, 6.45) is 1.73. The Bertz CT molecular complexity index is 174. The summed E-state index contributed by atoms with van der Waals surface area (Å²) in [6.45, 7) is 1.97. The predicted octanol–water partition coefficient (Wildman–Crippen LogP) is 1.06. The third-order valence-electron chi connectivity index (χ3n) is 1.76. The third kappa shape index (κ3) is 2.03. The van der Waals surface area contributed by atoms with Gasteiger partial charge in [0, 0.05) is 6.42 Å². The zero-order chi connectivity index (χ0) is 8.27. The summed E-state index contributed by atoms with van der Waals surface area (Å²) in [4.78, 5) is 21.8. The van der Waals surface area contributed by atoms with Crippen LogP contribution in [0.1, 0.15) is 32.6 Å². The van der Waals surface area contributed by atoms with Crippen molar-refractivity contribution in [1.29, 1.82) is 0 Å². The number of hydrogen-bond acceptors (Lipinski definition) is 3. The fraction of sp³-hybridized carbons (Fsp3) is 0.750. The number of rotatable bonds is 2. The Kier molecular flexibility index (Phi) is 2.63. The standard InChI is InChI=1S/C8H12O3/c1-2-3-7-6(9)4-5-8(10)11-7/h7H,2-5H2,1H3. The monoisotopic (exact) mass is 156 g/mol. The first-order valence-corrected chi connectivity index (χ1v) is 3.96. The Morgan fingerprint density at radius 1 is 1.45 bits per heavy atom. The molecule has 0 amide bonds. The van der Waals surface area contributed by atoms with E-state index < -0.39 is 6.10 Å². The van der Waals surface area contributed by atoms with Crippen molar-refractivity contribution in [2.24, 2.45) is 0 Å². The van der Waals surface area contributed by atoms with Crippen molar-refractivity contribution in [1.82, 2.24) is 0 Å². The van der Waals surface area contributed by atoms with Gasteiger partial charge < -0.3 is 4.74 Å². The van der Waals surface area contributed by atoms with Crippen LogP contribution in [0, 0.1) is 0 Å². The van der Waals surface area contributed by atoms with Crippen LogP contribution in [0.2, 0.25) is 0 Å². The Morgan fingerprint density at radius 2 is 2.18 bits per heavy atom. The Morgan fingerprint density at radius 3 is 2.82 bits per heavy atom. The summed E-state index contributed by atoms with van der Waals surface area (Å²) in [7, 11) is 0. The van der Waals surface area contributed by atoms with Gasteiger partial charge in [-0.3, -0.25) is 9.59 Å². The van der Waals surface area contributed by atoms with Gasteiger partial charge in [-0.05, 0) is 6.42 Å². The minimum absolute atomic E-state index is 0.0754. The summed E-state index contributed by atoms with van der Waals surface area (Å²) in [6, 6.07) is 0. The van der Waals surface area contributed by atoms with Crippen LogP contribution < -0.4 is 0 Å². The van der Waals surface area contributed by atoms with E-state index in [4.69, 9.17) is 4.74 Å². The van der Waals surface area contributed by atoms with Gasteiger partial charge in [-0.15, -0.1) is 0 Å². The highest BCUT2D eigenvalue weighted by molar-refractivity contribution is 5.91. The van der Waals surface area contributed by atoms with Gasteiger partial charge in [-0.2, -0.15) is 0 Å². The first-order valence-electron chi connectivity index (χ1n) is 3.96. The second-order valence-electron chi connectivity index (χ2n) is 2.73. The maximum atomic E-state index is 11.1. The van der Waals surface area contributed by atoms with Gasteiger partial charge >= 0.3 is 5.97 Å². The minimum Gasteiger partial charge on any atom is -0.454 e. The van der Waals surface area contributed by atoms with Crippen LogP contribution in [-0.2, 0) is 14.3 Å². The Balaban J connectivity index is 2.47. The number of Topliss-reactive ketones (excluding diaryl/α,β-unsaturated/α-hetero) is 1. The molecule has 3 nitrogen and oxygen atoms in total. The molecule has 1 unspecified atom stereocenters.